The molecule has 3 N–H and O–H groups in total. The van der Waals surface area contributed by atoms with Gasteiger partial charge in [0.1, 0.15) is 0 Å². The van der Waals surface area contributed by atoms with E-state index in [1.54, 1.807) is 6.20 Å². The average Bonchev–Trinajstić information content (AvgIpc) is 3.22. The number of nitrogens with one attached hydrogen (secondary N) is 2. The van der Waals surface area contributed by atoms with Gasteiger partial charge in [-0.05, 0) is 18.9 Å². The highest BCUT2D eigenvalue weighted by molar-refractivity contribution is 6.07. The summed E-state index contributed by atoms with van der Waals surface area (Å²) in [6, 6.07) is 7.15. The number of hydrogen-bond acceptors (Lipinski definition) is 4. The van der Waals surface area contributed by atoms with Crippen molar-refractivity contribution in [3.8, 4) is 0 Å². The Kier molecular flexibility index (Phi) is 4.80. The molecule has 1 aromatic carbocycles. The third kappa shape index (κ3) is 3.35. The number of carbonyl (C=O) groups excluding carboxylic acids is 3. The van der Waals surface area contributed by atoms with Crippen LogP contribution in [0.2, 0.25) is 0 Å². The van der Waals surface area contributed by atoms with Crippen molar-refractivity contribution in [2.75, 3.05) is 19.6 Å². The number of aromatic nitrogens is 1. The molecule has 4 rings (SSSR count). The Balaban J connectivity index is 1.44. The molecule has 0 radical (unpaired) electrons. The first-order chi connectivity index (χ1) is 13.4. The minimum Gasteiger partial charge on any atom is -0.391 e. The summed E-state index contributed by atoms with van der Waals surface area (Å²) in [6.45, 7) is 0.976. The molecule has 2 aliphatic rings. The van der Waals surface area contributed by atoms with Gasteiger partial charge in [0.2, 0.25) is 11.8 Å². The van der Waals surface area contributed by atoms with Crippen LogP contribution >= 0.6 is 0 Å². The van der Waals surface area contributed by atoms with Gasteiger partial charge in [-0.1, -0.05) is 18.2 Å². The second kappa shape index (κ2) is 7.27. The van der Waals surface area contributed by atoms with E-state index in [4.69, 9.17) is 0 Å². The molecule has 1 aromatic heterocycles. The Hall–Kier alpha value is -2.87. The van der Waals surface area contributed by atoms with Crippen LogP contribution in [0.3, 0.4) is 0 Å². The van der Waals surface area contributed by atoms with Gasteiger partial charge in [-0.15, -0.1) is 0 Å². The Bertz CT molecular complexity index is 937. The maximum absolute atomic E-state index is 12.8. The van der Waals surface area contributed by atoms with Crippen LogP contribution in [0.1, 0.15) is 23.2 Å². The lowest BCUT2D eigenvalue weighted by atomic mass is 10.1. The third-order valence-corrected chi connectivity index (χ3v) is 5.69. The summed E-state index contributed by atoms with van der Waals surface area (Å²) < 4.78 is 1.89. The summed E-state index contributed by atoms with van der Waals surface area (Å²) in [7, 11) is 1.88. The summed E-state index contributed by atoms with van der Waals surface area (Å²) in [5.74, 6) is -0.945. The van der Waals surface area contributed by atoms with Crippen molar-refractivity contribution in [3.05, 3.63) is 36.0 Å². The van der Waals surface area contributed by atoms with Crippen molar-refractivity contribution < 1.29 is 19.5 Å². The number of rotatable bonds is 3. The van der Waals surface area contributed by atoms with Crippen LogP contribution in [0, 0.1) is 5.92 Å². The van der Waals surface area contributed by atoms with E-state index < -0.39 is 18.1 Å². The quantitative estimate of drug-likeness (QED) is 0.693. The molecule has 2 aromatic rings. The first-order valence-corrected chi connectivity index (χ1v) is 9.52. The number of hydrogen-bond donors (Lipinski definition) is 3. The fraction of sp³-hybridized carbons (Fsp3) is 0.450. The molecule has 2 fully saturated rings. The fourth-order valence-electron chi connectivity index (χ4n) is 4.23. The van der Waals surface area contributed by atoms with E-state index in [1.807, 2.05) is 35.9 Å². The Morgan fingerprint density at radius 2 is 2.04 bits per heavy atom. The minimum absolute atomic E-state index is 0.0540. The van der Waals surface area contributed by atoms with Crippen molar-refractivity contribution in [2.45, 2.75) is 25.0 Å². The van der Waals surface area contributed by atoms with Gasteiger partial charge >= 0.3 is 0 Å². The van der Waals surface area contributed by atoms with E-state index in [0.29, 0.717) is 25.1 Å². The molecule has 28 heavy (non-hydrogen) atoms. The maximum Gasteiger partial charge on any atom is 0.253 e. The monoisotopic (exact) mass is 384 g/mol. The van der Waals surface area contributed by atoms with Gasteiger partial charge in [0, 0.05) is 43.2 Å². The lowest BCUT2D eigenvalue weighted by Crippen LogP contribution is -2.51. The molecule has 1 saturated heterocycles. The van der Waals surface area contributed by atoms with Crippen LogP contribution in [0.5, 0.6) is 0 Å². The molecule has 0 spiro atoms. The van der Waals surface area contributed by atoms with E-state index in [2.05, 4.69) is 10.6 Å². The van der Waals surface area contributed by atoms with Gasteiger partial charge in [0.25, 0.3) is 5.91 Å². The zero-order valence-electron chi connectivity index (χ0n) is 15.7. The topological polar surface area (TPSA) is 104 Å². The smallest absolute Gasteiger partial charge is 0.253 e. The molecular formula is C20H24N4O4. The highest BCUT2D eigenvalue weighted by Crippen LogP contribution is 2.29. The highest BCUT2D eigenvalue weighted by Gasteiger charge is 2.40. The molecule has 1 aliphatic heterocycles. The van der Waals surface area contributed by atoms with Crippen LogP contribution in [-0.2, 0) is 16.6 Å². The standard InChI is InChI=1S/C20H24N4O4/c1-23-10-14(13-4-2-3-5-16(13)23)19(27)22-15-8-12(9-17(15)25)20(28)24-7-6-21-18(26)11-24/h2-5,10,12,15,17,25H,6-9,11H2,1H3,(H,21,26)(H,22,27)/t12-,15-,17-/m0/s1. The van der Waals surface area contributed by atoms with Crippen molar-refractivity contribution in [3.63, 3.8) is 0 Å². The van der Waals surface area contributed by atoms with Crippen molar-refractivity contribution in [1.29, 1.82) is 0 Å². The predicted molar refractivity (Wildman–Crippen MR) is 102 cm³/mol. The van der Waals surface area contributed by atoms with Crippen LogP contribution in [0.25, 0.3) is 10.9 Å². The van der Waals surface area contributed by atoms with Gasteiger partial charge in [-0.25, -0.2) is 0 Å². The van der Waals surface area contributed by atoms with E-state index in [-0.39, 0.29) is 30.7 Å². The lowest BCUT2D eigenvalue weighted by molar-refractivity contribution is -0.141. The van der Waals surface area contributed by atoms with Crippen LogP contribution in [0.15, 0.2) is 30.5 Å². The number of nitrogens with zero attached hydrogens (tertiary/aromatic N) is 2. The molecule has 1 saturated carbocycles. The largest absolute Gasteiger partial charge is 0.391 e. The SMILES string of the molecule is Cn1cc(C(=O)N[C@H]2C[C@H](C(=O)N3CCNC(=O)C3)C[C@@H]2O)c2ccccc21. The number of benzene rings is 1. The molecule has 0 bridgehead atoms. The number of fused-ring (bicyclic) bond motifs is 1. The third-order valence-electron chi connectivity index (χ3n) is 5.69. The summed E-state index contributed by atoms with van der Waals surface area (Å²) in [5.41, 5.74) is 1.50. The summed E-state index contributed by atoms with van der Waals surface area (Å²) in [4.78, 5) is 38.6. The highest BCUT2D eigenvalue weighted by atomic mass is 16.3. The molecule has 8 heteroatoms. The molecule has 2 heterocycles. The van der Waals surface area contributed by atoms with Crippen LogP contribution in [-0.4, -0.2) is 64.1 Å². The van der Waals surface area contributed by atoms with Gasteiger partial charge in [0.05, 0.1) is 24.3 Å². The van der Waals surface area contributed by atoms with Crippen LogP contribution < -0.4 is 10.6 Å². The average molecular weight is 384 g/mol. The van der Waals surface area contributed by atoms with Gasteiger partial charge in [-0.2, -0.15) is 0 Å². The second-order valence-corrected chi connectivity index (χ2v) is 7.60. The van der Waals surface area contributed by atoms with Crippen molar-refractivity contribution >= 4 is 28.6 Å². The Labute approximate surface area is 162 Å². The molecule has 3 atom stereocenters. The summed E-state index contributed by atoms with van der Waals surface area (Å²) >= 11 is 0. The van der Waals surface area contributed by atoms with Gasteiger partial charge in [0.15, 0.2) is 0 Å². The molecular weight excluding hydrogens is 360 g/mol. The maximum atomic E-state index is 12.8. The number of aliphatic hydroxyl groups excluding tert-OH is 1. The van der Waals surface area contributed by atoms with Crippen molar-refractivity contribution in [1.82, 2.24) is 20.1 Å². The van der Waals surface area contributed by atoms with E-state index in [1.165, 1.54) is 4.90 Å². The van der Waals surface area contributed by atoms with E-state index in [9.17, 15) is 19.5 Å². The zero-order valence-corrected chi connectivity index (χ0v) is 15.7. The van der Waals surface area contributed by atoms with Gasteiger partial charge < -0.3 is 25.2 Å². The second-order valence-electron chi connectivity index (χ2n) is 7.60. The zero-order chi connectivity index (χ0) is 19.8. The number of aliphatic hydroxyl groups is 1. The molecule has 8 nitrogen and oxygen atoms in total. The molecule has 1 aliphatic carbocycles. The number of carbonyl (C=O) groups is 3. The van der Waals surface area contributed by atoms with Crippen LogP contribution in [0.4, 0.5) is 0 Å². The summed E-state index contributed by atoms with van der Waals surface area (Å²) in [6.07, 6.45) is 1.65. The molecule has 148 valence electrons. The number of piperazine rings is 1. The molecule has 3 amide bonds. The number of amides is 3. The number of para-hydroxylation sites is 1. The Morgan fingerprint density at radius 3 is 2.82 bits per heavy atom. The first kappa shape index (κ1) is 18.5. The summed E-state index contributed by atoms with van der Waals surface area (Å²) in [5, 5.41) is 16.8. The first-order valence-electron chi connectivity index (χ1n) is 9.52. The van der Waals surface area contributed by atoms with Crippen molar-refractivity contribution in [2.24, 2.45) is 13.0 Å². The lowest BCUT2D eigenvalue weighted by Gasteiger charge is -2.28. The van der Waals surface area contributed by atoms with Gasteiger partial charge in [-0.3, -0.25) is 14.4 Å². The van der Waals surface area contributed by atoms with E-state index >= 15 is 0 Å². The van der Waals surface area contributed by atoms with E-state index in [0.717, 1.165) is 10.9 Å². The Morgan fingerprint density at radius 1 is 1.25 bits per heavy atom. The fourth-order valence-corrected chi connectivity index (χ4v) is 4.23. The molecule has 0 unspecified atom stereocenters. The number of aryl methyl sites for hydroxylation is 1. The normalized spacial score (nSPS) is 25.0. The predicted octanol–water partition coefficient (Wildman–Crippen LogP) is 0.00600. The minimum atomic E-state index is -0.786.